The zero-order chi connectivity index (χ0) is 24.5. The van der Waals surface area contributed by atoms with E-state index >= 15 is 0 Å². The Balaban J connectivity index is 2.12. The van der Waals surface area contributed by atoms with E-state index in [1.165, 1.54) is 0 Å². The zero-order valence-electron chi connectivity index (χ0n) is 19.4. The highest BCUT2D eigenvalue weighted by Gasteiger charge is 2.25. The Labute approximate surface area is 196 Å². The van der Waals surface area contributed by atoms with Gasteiger partial charge in [0, 0.05) is 11.6 Å². The molecule has 0 fully saturated rings. The summed E-state index contributed by atoms with van der Waals surface area (Å²) in [5, 5.41) is 8.22. The van der Waals surface area contributed by atoms with Gasteiger partial charge in [0.05, 0.1) is 27.1 Å². The zero-order valence-corrected chi connectivity index (χ0v) is 20.2. The average molecular weight is 485 g/mol. The summed E-state index contributed by atoms with van der Waals surface area (Å²) in [4.78, 5) is 9.28. The Morgan fingerprint density at radius 2 is 1.68 bits per heavy atom. The van der Waals surface area contributed by atoms with Gasteiger partial charge >= 0.3 is 0 Å². The second-order valence-corrected chi connectivity index (χ2v) is 9.04. The fourth-order valence-corrected chi connectivity index (χ4v) is 4.13. The van der Waals surface area contributed by atoms with Crippen LogP contribution in [0.2, 0.25) is 0 Å². The first-order valence-corrected chi connectivity index (χ1v) is 12.2. The van der Waals surface area contributed by atoms with Crippen molar-refractivity contribution in [3.05, 3.63) is 42.0 Å². The molecule has 0 unspecified atom stereocenters. The average Bonchev–Trinajstić information content (AvgIpc) is 3.20. The van der Waals surface area contributed by atoms with Crippen LogP contribution in [-0.2, 0) is 10.0 Å². The van der Waals surface area contributed by atoms with Gasteiger partial charge in [-0.25, -0.2) is 18.4 Å². The molecule has 4 aromatic rings. The van der Waals surface area contributed by atoms with Crippen LogP contribution in [0.3, 0.4) is 0 Å². The van der Waals surface area contributed by atoms with Gasteiger partial charge in [-0.05, 0) is 32.0 Å². The Bertz CT molecular complexity index is 1450. The van der Waals surface area contributed by atoms with Gasteiger partial charge in [-0.2, -0.15) is 0 Å². The van der Waals surface area contributed by atoms with Crippen LogP contribution < -0.4 is 18.9 Å². The molecule has 12 heteroatoms. The molecule has 34 heavy (non-hydrogen) atoms. The number of hydrogen-bond acceptors (Lipinski definition) is 9. The summed E-state index contributed by atoms with van der Waals surface area (Å²) in [5.74, 6) is 1.97. The number of benzene rings is 1. The van der Waals surface area contributed by atoms with Crippen LogP contribution in [0.5, 0.6) is 17.4 Å². The summed E-state index contributed by atoms with van der Waals surface area (Å²) in [5.41, 5.74) is 2.39. The van der Waals surface area contributed by atoms with Crippen molar-refractivity contribution in [2.45, 2.75) is 13.8 Å². The lowest BCUT2D eigenvalue weighted by molar-refractivity contribution is 0.327. The maximum atomic E-state index is 11.9. The van der Waals surface area contributed by atoms with Crippen molar-refractivity contribution in [3.8, 4) is 34.6 Å². The van der Waals surface area contributed by atoms with E-state index in [9.17, 15) is 8.42 Å². The Hall–Kier alpha value is -3.93. The third-order valence-electron chi connectivity index (χ3n) is 4.97. The highest BCUT2D eigenvalue weighted by atomic mass is 32.2. The number of hydrogen-bond donors (Lipinski definition) is 1. The monoisotopic (exact) mass is 484 g/mol. The van der Waals surface area contributed by atoms with Crippen LogP contribution in [0.4, 0.5) is 5.82 Å². The number of sulfonamides is 1. The summed E-state index contributed by atoms with van der Waals surface area (Å²) < 4.78 is 44.9. The van der Waals surface area contributed by atoms with Gasteiger partial charge in [0.1, 0.15) is 28.4 Å². The highest BCUT2D eigenvalue weighted by molar-refractivity contribution is 7.92. The first kappa shape index (κ1) is 23.2. The number of imidazole rings is 1. The largest absolute Gasteiger partial charge is 0.494 e. The first-order chi connectivity index (χ1) is 16.3. The van der Waals surface area contributed by atoms with E-state index in [1.54, 1.807) is 56.0 Å². The minimum absolute atomic E-state index is 0.0904. The van der Waals surface area contributed by atoms with E-state index in [4.69, 9.17) is 19.2 Å². The molecule has 0 aliphatic carbocycles. The molecular weight excluding hydrogens is 460 g/mol. The molecule has 0 spiro atoms. The molecule has 1 N–H and O–H groups in total. The lowest BCUT2D eigenvalue weighted by Gasteiger charge is -2.17. The Kier molecular flexibility index (Phi) is 6.24. The number of para-hydroxylation sites is 1. The molecular formula is C22H24N6O5S. The number of pyridine rings is 1. The number of nitrogens with one attached hydrogen (secondary N) is 1. The van der Waals surface area contributed by atoms with Crippen LogP contribution in [0.25, 0.3) is 28.4 Å². The second-order valence-electron chi connectivity index (χ2n) is 7.30. The summed E-state index contributed by atoms with van der Waals surface area (Å²) in [7, 11) is -0.489. The second kappa shape index (κ2) is 9.14. The van der Waals surface area contributed by atoms with Crippen molar-refractivity contribution >= 4 is 27.0 Å². The van der Waals surface area contributed by atoms with Crippen LogP contribution in [0.15, 0.2) is 36.4 Å². The molecule has 0 amide bonds. The fraction of sp³-hybridized carbons (Fsp3) is 0.273. The van der Waals surface area contributed by atoms with Crippen molar-refractivity contribution in [2.24, 2.45) is 0 Å². The number of aromatic nitrogens is 5. The topological polar surface area (TPSA) is 130 Å². The quantitative estimate of drug-likeness (QED) is 0.401. The molecule has 1 aromatic carbocycles. The Morgan fingerprint density at radius 3 is 2.29 bits per heavy atom. The molecule has 3 heterocycles. The van der Waals surface area contributed by atoms with Crippen molar-refractivity contribution in [3.63, 3.8) is 0 Å². The summed E-state index contributed by atoms with van der Waals surface area (Å²) >= 11 is 0. The van der Waals surface area contributed by atoms with Gasteiger partial charge in [0.2, 0.25) is 21.6 Å². The predicted octanol–water partition coefficient (Wildman–Crippen LogP) is 2.97. The van der Waals surface area contributed by atoms with Gasteiger partial charge in [0.25, 0.3) is 0 Å². The number of anilines is 1. The molecule has 11 nitrogen and oxygen atoms in total. The third-order valence-corrected chi connectivity index (χ3v) is 5.53. The van der Waals surface area contributed by atoms with Crippen LogP contribution in [0, 0.1) is 6.92 Å². The SMILES string of the molecule is CCOc1cccc(-c2nc3nnc(NS(C)(=O)=O)c(C)c3n2-c2c(OC)cccc2OC)n1. The molecule has 0 radical (unpaired) electrons. The molecule has 0 bridgehead atoms. The number of fused-ring (bicyclic) bond motifs is 1. The van der Waals surface area contributed by atoms with Gasteiger partial charge < -0.3 is 14.2 Å². The summed E-state index contributed by atoms with van der Waals surface area (Å²) in [6.45, 7) is 4.06. The molecule has 0 aliphatic heterocycles. The first-order valence-electron chi connectivity index (χ1n) is 10.3. The molecule has 4 rings (SSSR count). The van der Waals surface area contributed by atoms with Gasteiger partial charge in [-0.1, -0.05) is 12.1 Å². The predicted molar refractivity (Wildman–Crippen MR) is 127 cm³/mol. The number of methoxy groups -OCH3 is 2. The highest BCUT2D eigenvalue weighted by Crippen LogP contribution is 2.39. The standard InChI is InChI=1S/C22H24N6O5S/c1-6-33-17-12-7-9-14(23-17)22-24-21-18(13(2)20(25-26-21)27-34(5,29)30)28(22)19-15(31-3)10-8-11-16(19)32-4/h7-12H,6H2,1-5H3,(H,25,27). The van der Waals surface area contributed by atoms with E-state index in [1.807, 2.05) is 13.0 Å². The Morgan fingerprint density at radius 1 is 1.00 bits per heavy atom. The van der Waals surface area contributed by atoms with E-state index in [-0.39, 0.29) is 5.82 Å². The van der Waals surface area contributed by atoms with E-state index in [0.717, 1.165) is 6.26 Å². The van der Waals surface area contributed by atoms with E-state index in [0.29, 0.717) is 57.9 Å². The number of ether oxygens (including phenoxy) is 3. The maximum absolute atomic E-state index is 11.9. The smallest absolute Gasteiger partial charge is 0.231 e. The normalized spacial score (nSPS) is 11.4. The van der Waals surface area contributed by atoms with Crippen LogP contribution in [0.1, 0.15) is 12.5 Å². The van der Waals surface area contributed by atoms with Crippen molar-refractivity contribution in [2.75, 3.05) is 31.8 Å². The summed E-state index contributed by atoms with van der Waals surface area (Å²) in [6, 6.07) is 10.7. The summed E-state index contributed by atoms with van der Waals surface area (Å²) in [6.07, 6.45) is 1.05. The van der Waals surface area contributed by atoms with Gasteiger partial charge in [-0.15, -0.1) is 10.2 Å². The number of rotatable bonds is 8. The van der Waals surface area contributed by atoms with Crippen molar-refractivity contribution in [1.82, 2.24) is 24.7 Å². The molecule has 0 saturated heterocycles. The lowest BCUT2D eigenvalue weighted by atomic mass is 10.2. The van der Waals surface area contributed by atoms with Crippen LogP contribution in [-0.4, -0.2) is 60.2 Å². The minimum Gasteiger partial charge on any atom is -0.494 e. The lowest BCUT2D eigenvalue weighted by Crippen LogP contribution is -2.13. The van der Waals surface area contributed by atoms with Crippen molar-refractivity contribution < 1.29 is 22.6 Å². The third kappa shape index (κ3) is 4.31. The van der Waals surface area contributed by atoms with Gasteiger partial charge in [-0.3, -0.25) is 9.29 Å². The molecule has 0 saturated carbocycles. The van der Waals surface area contributed by atoms with E-state index < -0.39 is 10.0 Å². The molecule has 178 valence electrons. The van der Waals surface area contributed by atoms with Gasteiger partial charge in [0.15, 0.2) is 11.6 Å². The van der Waals surface area contributed by atoms with Crippen molar-refractivity contribution in [1.29, 1.82) is 0 Å². The maximum Gasteiger partial charge on any atom is 0.231 e. The minimum atomic E-state index is -3.59. The van der Waals surface area contributed by atoms with Crippen LogP contribution >= 0.6 is 0 Å². The fourth-order valence-electron chi connectivity index (χ4n) is 3.58. The molecule has 3 aromatic heterocycles. The molecule has 0 aliphatic rings. The molecule has 0 atom stereocenters. The number of nitrogens with zero attached hydrogens (tertiary/aromatic N) is 5. The van der Waals surface area contributed by atoms with E-state index in [2.05, 4.69) is 19.9 Å². The number of aryl methyl sites for hydroxylation is 1.